The molecule has 1 aliphatic rings. The molecule has 1 atom stereocenters. The van der Waals surface area contributed by atoms with Crippen molar-refractivity contribution in [2.75, 3.05) is 37.4 Å². The zero-order valence-corrected chi connectivity index (χ0v) is 21.7. The van der Waals surface area contributed by atoms with Gasteiger partial charge in [0, 0.05) is 48.2 Å². The van der Waals surface area contributed by atoms with Crippen LogP contribution in [-0.2, 0) is 6.54 Å². The zero-order valence-electron chi connectivity index (χ0n) is 21.7. The number of benzene rings is 1. The fraction of sp³-hybridized carbons (Fsp3) is 0.500. The molecule has 0 aliphatic carbocycles. The molecule has 1 fully saturated rings. The Morgan fingerprint density at radius 1 is 1.22 bits per heavy atom. The van der Waals surface area contributed by atoms with Crippen molar-refractivity contribution >= 4 is 17.7 Å². The van der Waals surface area contributed by atoms with Crippen molar-refractivity contribution in [1.29, 1.82) is 5.41 Å². The lowest BCUT2D eigenvalue weighted by molar-refractivity contribution is 0.339. The van der Waals surface area contributed by atoms with Crippen LogP contribution >= 0.6 is 0 Å². The summed E-state index contributed by atoms with van der Waals surface area (Å²) in [4.78, 5) is 2.31. The van der Waals surface area contributed by atoms with E-state index < -0.39 is 0 Å². The van der Waals surface area contributed by atoms with Gasteiger partial charge in [0.25, 0.3) is 0 Å². The standard InChI is InChI=1S/C26H37N9O/c1-26(2,3)9-10-29-18-6-5-11-34(15-18)25-8-7-19(30-32-25)16-35-17-24(31-33-35)21-12-20(36-4)13-23(28)22(21)14-27/h7-8,12-14,17-18,27,29H,5-6,9-11,15-16,28H2,1-4H3/t18-/m1/s1. The number of ether oxygens (including phenoxy) is 1. The van der Waals surface area contributed by atoms with Crippen LogP contribution in [0.2, 0.25) is 0 Å². The Bertz CT molecular complexity index is 1170. The molecule has 0 bridgehead atoms. The highest BCUT2D eigenvalue weighted by atomic mass is 16.5. The van der Waals surface area contributed by atoms with E-state index in [0.29, 0.717) is 46.3 Å². The molecule has 1 aromatic carbocycles. The second-order valence-corrected chi connectivity index (χ2v) is 10.6. The van der Waals surface area contributed by atoms with E-state index >= 15 is 0 Å². The molecule has 1 aliphatic heterocycles. The van der Waals surface area contributed by atoms with Crippen molar-refractivity contribution in [1.82, 2.24) is 30.5 Å². The Kier molecular flexibility index (Phi) is 7.83. The van der Waals surface area contributed by atoms with Gasteiger partial charge in [0.15, 0.2) is 5.82 Å². The van der Waals surface area contributed by atoms with Gasteiger partial charge in [-0.2, -0.15) is 5.10 Å². The fourth-order valence-electron chi connectivity index (χ4n) is 4.41. The normalized spacial score (nSPS) is 16.2. The van der Waals surface area contributed by atoms with Crippen molar-refractivity contribution < 1.29 is 4.74 Å². The van der Waals surface area contributed by atoms with Crippen LogP contribution in [0.1, 0.15) is 51.3 Å². The molecule has 192 valence electrons. The summed E-state index contributed by atoms with van der Waals surface area (Å²) in [6.45, 7) is 10.3. The highest BCUT2D eigenvalue weighted by Crippen LogP contribution is 2.30. The summed E-state index contributed by atoms with van der Waals surface area (Å²) in [6.07, 6.45) is 6.54. The van der Waals surface area contributed by atoms with Crippen molar-refractivity contribution in [3.63, 3.8) is 0 Å². The highest BCUT2D eigenvalue weighted by molar-refractivity contribution is 5.94. The summed E-state index contributed by atoms with van der Waals surface area (Å²) in [5.41, 5.74) is 9.58. The monoisotopic (exact) mass is 491 g/mol. The van der Waals surface area contributed by atoms with E-state index in [0.717, 1.165) is 44.0 Å². The lowest BCUT2D eigenvalue weighted by Gasteiger charge is -2.34. The Hall–Kier alpha value is -3.53. The minimum absolute atomic E-state index is 0.344. The first-order valence-electron chi connectivity index (χ1n) is 12.4. The van der Waals surface area contributed by atoms with Crippen molar-refractivity contribution in [2.24, 2.45) is 5.41 Å². The number of hydrogen-bond acceptors (Lipinski definition) is 9. The average Bonchev–Trinajstić information content (AvgIpc) is 3.31. The molecular weight excluding hydrogens is 454 g/mol. The maximum absolute atomic E-state index is 7.74. The van der Waals surface area contributed by atoms with Crippen LogP contribution in [-0.4, -0.2) is 64.2 Å². The number of nitrogens with one attached hydrogen (secondary N) is 2. The molecule has 36 heavy (non-hydrogen) atoms. The van der Waals surface area contributed by atoms with Gasteiger partial charge in [-0.05, 0) is 49.4 Å². The van der Waals surface area contributed by atoms with Crippen LogP contribution < -0.4 is 20.7 Å². The van der Waals surface area contributed by atoms with E-state index in [-0.39, 0.29) is 0 Å². The van der Waals surface area contributed by atoms with Gasteiger partial charge in [-0.15, -0.1) is 10.2 Å². The van der Waals surface area contributed by atoms with Gasteiger partial charge in [0.2, 0.25) is 0 Å². The first-order chi connectivity index (χ1) is 17.3. The molecule has 1 saturated heterocycles. The van der Waals surface area contributed by atoms with Crippen LogP contribution in [0.15, 0.2) is 30.5 Å². The molecule has 4 rings (SSSR count). The molecule has 0 spiro atoms. The predicted molar refractivity (Wildman–Crippen MR) is 143 cm³/mol. The lowest BCUT2D eigenvalue weighted by Crippen LogP contribution is -2.46. The molecule has 4 N–H and O–H groups in total. The lowest BCUT2D eigenvalue weighted by atomic mass is 9.92. The first-order valence-corrected chi connectivity index (χ1v) is 12.4. The molecule has 0 unspecified atom stereocenters. The summed E-state index contributed by atoms with van der Waals surface area (Å²) < 4.78 is 7.03. The number of methoxy groups -OCH3 is 1. The summed E-state index contributed by atoms with van der Waals surface area (Å²) in [5, 5.41) is 28.9. The third-order valence-corrected chi connectivity index (χ3v) is 6.46. The van der Waals surface area contributed by atoms with Gasteiger partial charge in [-0.3, -0.25) is 0 Å². The van der Waals surface area contributed by atoms with Gasteiger partial charge in [-0.1, -0.05) is 26.0 Å². The Balaban J connectivity index is 1.39. The Morgan fingerprint density at radius 3 is 2.75 bits per heavy atom. The number of hydrogen-bond donors (Lipinski definition) is 3. The average molecular weight is 492 g/mol. The quantitative estimate of drug-likeness (QED) is 0.307. The van der Waals surface area contributed by atoms with Gasteiger partial charge in [0.05, 0.1) is 25.5 Å². The largest absolute Gasteiger partial charge is 0.497 e. The van der Waals surface area contributed by atoms with E-state index in [2.05, 4.69) is 51.5 Å². The Labute approximate surface area is 212 Å². The fourth-order valence-corrected chi connectivity index (χ4v) is 4.41. The van der Waals surface area contributed by atoms with E-state index in [1.807, 2.05) is 24.4 Å². The minimum Gasteiger partial charge on any atom is -0.497 e. The first kappa shape index (κ1) is 25.6. The highest BCUT2D eigenvalue weighted by Gasteiger charge is 2.22. The van der Waals surface area contributed by atoms with Crippen LogP contribution in [0.4, 0.5) is 11.5 Å². The molecule has 0 amide bonds. The maximum atomic E-state index is 7.74. The summed E-state index contributed by atoms with van der Waals surface area (Å²) in [5.74, 6) is 1.51. The number of rotatable bonds is 9. The Morgan fingerprint density at radius 2 is 2.06 bits per heavy atom. The van der Waals surface area contributed by atoms with Gasteiger partial charge in [0.1, 0.15) is 11.4 Å². The van der Waals surface area contributed by atoms with Crippen molar-refractivity contribution in [3.8, 4) is 17.0 Å². The summed E-state index contributed by atoms with van der Waals surface area (Å²) in [6, 6.07) is 8.01. The molecule has 10 heteroatoms. The molecule has 0 saturated carbocycles. The summed E-state index contributed by atoms with van der Waals surface area (Å²) >= 11 is 0. The van der Waals surface area contributed by atoms with Crippen LogP contribution in [0.5, 0.6) is 5.75 Å². The van der Waals surface area contributed by atoms with E-state index in [4.69, 9.17) is 15.9 Å². The minimum atomic E-state index is 0.344. The third kappa shape index (κ3) is 6.37. The molecule has 2 aromatic heterocycles. The van der Waals surface area contributed by atoms with Gasteiger partial charge < -0.3 is 26.1 Å². The molecule has 3 aromatic rings. The van der Waals surface area contributed by atoms with E-state index in [9.17, 15) is 0 Å². The predicted octanol–water partition coefficient (Wildman–Crippen LogP) is 3.37. The van der Waals surface area contributed by atoms with Crippen molar-refractivity contribution in [3.05, 3.63) is 41.7 Å². The van der Waals surface area contributed by atoms with Crippen LogP contribution in [0, 0.1) is 10.8 Å². The maximum Gasteiger partial charge on any atom is 0.151 e. The molecule has 3 heterocycles. The van der Waals surface area contributed by atoms with Crippen LogP contribution in [0.3, 0.4) is 0 Å². The van der Waals surface area contributed by atoms with Gasteiger partial charge in [-0.25, -0.2) is 4.68 Å². The van der Waals surface area contributed by atoms with Crippen molar-refractivity contribution in [2.45, 2.75) is 52.6 Å². The molecule has 0 radical (unpaired) electrons. The number of nitrogens with two attached hydrogens (primary N) is 1. The molecular formula is C26H37N9O. The number of nitrogens with zero attached hydrogens (tertiary/aromatic N) is 6. The zero-order chi connectivity index (χ0) is 25.7. The third-order valence-electron chi connectivity index (χ3n) is 6.46. The SMILES string of the molecule is COc1cc(N)c(C=N)c(-c2cn(Cc3ccc(N4CCC[C@@H](NCCC(C)(C)C)C4)nn3)nn2)c1. The second kappa shape index (κ2) is 11.0. The topological polar surface area (TPSA) is 131 Å². The van der Waals surface area contributed by atoms with E-state index in [1.165, 1.54) is 12.6 Å². The second-order valence-electron chi connectivity index (χ2n) is 10.6. The number of anilines is 2. The summed E-state index contributed by atoms with van der Waals surface area (Å²) in [7, 11) is 1.58. The number of aromatic nitrogens is 5. The van der Waals surface area contributed by atoms with E-state index in [1.54, 1.807) is 17.9 Å². The smallest absolute Gasteiger partial charge is 0.151 e. The number of piperidine rings is 1. The van der Waals surface area contributed by atoms with Gasteiger partial charge >= 0.3 is 0 Å². The van der Waals surface area contributed by atoms with Crippen LogP contribution in [0.25, 0.3) is 11.3 Å². The molecule has 10 nitrogen and oxygen atoms in total. The number of nitrogen functional groups attached to an aromatic ring is 1.